The molecule has 462 valence electrons. The van der Waals surface area contributed by atoms with Gasteiger partial charge in [0.15, 0.2) is 12.3 Å². The smallest absolute Gasteiger partial charge is 0.210 e. The number of anilines is 2. The van der Waals surface area contributed by atoms with Gasteiger partial charge in [0.05, 0.1) is 12.0 Å². The normalized spacial score (nSPS) is 20.3. The van der Waals surface area contributed by atoms with Gasteiger partial charge in [-0.25, -0.2) is 0 Å². The van der Waals surface area contributed by atoms with E-state index >= 15 is 0 Å². The van der Waals surface area contributed by atoms with E-state index in [2.05, 4.69) is 325 Å². The number of aryl methyl sites for hydroxylation is 1. The van der Waals surface area contributed by atoms with E-state index in [0.717, 1.165) is 44.3 Å². The van der Waals surface area contributed by atoms with E-state index in [-0.39, 0.29) is 16.2 Å². The highest BCUT2D eigenvalue weighted by Gasteiger charge is 2.50. The van der Waals surface area contributed by atoms with Crippen LogP contribution in [-0.2, 0) is 44.0 Å². The molecule has 3 aliphatic rings. The summed E-state index contributed by atoms with van der Waals surface area (Å²) in [5, 5.41) is 10.2. The summed E-state index contributed by atoms with van der Waals surface area (Å²) in [5.74, 6) is 0. The molecule has 10 aromatic carbocycles. The van der Waals surface area contributed by atoms with Crippen LogP contribution in [-0.4, -0.2) is 56.9 Å². The second kappa shape index (κ2) is 25.9. The van der Waals surface area contributed by atoms with Crippen LogP contribution in [0.4, 0.5) is 17.1 Å². The predicted molar refractivity (Wildman–Crippen MR) is 391 cm³/mol. The lowest BCUT2D eigenvalue weighted by atomic mass is 9.70. The molecule has 5 heteroatoms. The van der Waals surface area contributed by atoms with Crippen LogP contribution in [0.3, 0.4) is 0 Å². The molecule has 92 heavy (non-hydrogen) atoms. The largest absolute Gasteiger partial charge is 0.380 e. The molecule has 3 aliphatic heterocycles. The summed E-state index contributed by atoms with van der Waals surface area (Å²) in [7, 11) is 2.27. The Morgan fingerprint density at radius 2 is 1.04 bits per heavy atom. The van der Waals surface area contributed by atoms with E-state index < -0.39 is 5.41 Å². The molecule has 3 heterocycles. The van der Waals surface area contributed by atoms with Crippen LogP contribution in [0.2, 0.25) is 0 Å². The molecule has 4 atom stereocenters. The zero-order valence-corrected chi connectivity index (χ0v) is 55.2. The van der Waals surface area contributed by atoms with Crippen molar-refractivity contribution in [2.45, 2.75) is 95.8 Å². The summed E-state index contributed by atoms with van der Waals surface area (Å²) >= 11 is 0. The molecule has 0 aliphatic carbocycles. The van der Waals surface area contributed by atoms with Crippen LogP contribution in [0, 0.1) is 6.92 Å². The number of hydrogen-bond acceptors (Lipinski definition) is 4. The second-order valence-electron chi connectivity index (χ2n) is 26.5. The molecule has 0 aromatic heterocycles. The Kier molecular flexibility index (Phi) is 17.4. The number of nitrogens with zero attached hydrogens (tertiary/aromatic N) is 3. The third-order valence-corrected chi connectivity index (χ3v) is 20.8. The van der Waals surface area contributed by atoms with Gasteiger partial charge in [0, 0.05) is 83.5 Å². The molecule has 0 radical (unpaired) electrons. The van der Waals surface area contributed by atoms with Crippen LogP contribution < -0.4 is 9.80 Å². The van der Waals surface area contributed by atoms with Crippen LogP contribution in [0.25, 0.3) is 43.1 Å². The van der Waals surface area contributed by atoms with Gasteiger partial charge in [-0.1, -0.05) is 226 Å². The third kappa shape index (κ3) is 11.1. The fourth-order valence-corrected chi connectivity index (χ4v) is 16.3. The first-order chi connectivity index (χ1) is 44.8. The number of fused-ring (bicyclic) bond motifs is 10. The topological polar surface area (TPSA) is 28.0 Å². The maximum absolute atomic E-state index is 6.14. The Morgan fingerprint density at radius 1 is 0.533 bits per heavy atom. The van der Waals surface area contributed by atoms with Gasteiger partial charge in [0.1, 0.15) is 6.61 Å². The van der Waals surface area contributed by atoms with E-state index in [4.69, 9.17) is 16.1 Å². The van der Waals surface area contributed by atoms with Crippen LogP contribution in [0.1, 0.15) is 93.3 Å². The van der Waals surface area contributed by atoms with Crippen molar-refractivity contribution in [2.24, 2.45) is 0 Å². The van der Waals surface area contributed by atoms with E-state index in [0.29, 0.717) is 26.4 Å². The number of benzene rings is 10. The van der Waals surface area contributed by atoms with Crippen molar-refractivity contribution in [3.63, 3.8) is 0 Å². The third-order valence-electron chi connectivity index (χ3n) is 20.8. The first-order valence-corrected chi connectivity index (χ1v) is 33.4. The van der Waals surface area contributed by atoms with Gasteiger partial charge >= 0.3 is 0 Å². The molecular weight excluding hydrogens is 1120 g/mol. The Balaban J connectivity index is 0.888. The molecule has 10 aromatic rings. The maximum Gasteiger partial charge on any atom is 0.210 e. The lowest BCUT2D eigenvalue weighted by Gasteiger charge is -2.34. The summed E-state index contributed by atoms with van der Waals surface area (Å²) < 4.78 is 14.8. The standard InChI is InChI=1S/C87H88N3O2/c1-10-91-58-56-89-75-52-49-68-37-20-24-41-72(68)82(75)86(7,60-64-31-14-12-15-32-64)78(89)44-28-30-63(4)84(5,80-62(3)46-47-66-35-18-22-39-70(66)80)54-26-27-55-85(6)77(88(9)74-51-48-67-36-19-23-40-71(67)81(74)85)43-29-45-79-87(8,61-65-33-16-13-17-34-65)83-73-42-25-21-38-69(73)50-53-76(83)90(79)57-59-92-11-2/h12-53H,4,10-11,54-61H2,1-3,5-9H3/q+1/b27-26?,30-28+,78-44+. The van der Waals surface area contributed by atoms with Crippen LogP contribution in [0.5, 0.6) is 0 Å². The molecule has 0 N–H and O–H groups in total. The van der Waals surface area contributed by atoms with Crippen molar-refractivity contribution < 1.29 is 14.0 Å². The molecule has 0 saturated heterocycles. The summed E-state index contributed by atoms with van der Waals surface area (Å²) in [6, 6.07) is 76.2. The van der Waals surface area contributed by atoms with Crippen molar-refractivity contribution in [1.82, 2.24) is 0 Å². The van der Waals surface area contributed by atoms with Gasteiger partial charge < -0.3 is 19.3 Å². The maximum atomic E-state index is 6.14. The van der Waals surface area contributed by atoms with E-state index in [9.17, 15) is 0 Å². The van der Waals surface area contributed by atoms with E-state index in [1.165, 1.54) is 116 Å². The number of allylic oxidation sites excluding steroid dienone is 11. The zero-order chi connectivity index (χ0) is 63.6. The van der Waals surface area contributed by atoms with Gasteiger partial charge in [-0.05, 0) is 180 Å². The van der Waals surface area contributed by atoms with Gasteiger partial charge in [-0.15, -0.1) is 0 Å². The highest BCUT2D eigenvalue weighted by Crippen LogP contribution is 2.55. The minimum atomic E-state index is -0.478. The predicted octanol–water partition coefficient (Wildman–Crippen LogP) is 20.4. The SMILES string of the molecule is C=C(/C=C/C=C1/N(CCOCC)c2ccc3ccccc3c2C1(C)Cc1ccccc1)C(C)(CC=CCC1(C)C(=CC=CC2=[N+](CCOCC)c3ccc4ccccc4c3C2(C)Cc2ccccc2)N(C)c2ccc3ccccc3c21)c1c(C)ccc2ccccc12. The lowest BCUT2D eigenvalue weighted by molar-refractivity contribution is -0.442. The van der Waals surface area contributed by atoms with Gasteiger partial charge in [-0.2, -0.15) is 4.58 Å². The summed E-state index contributed by atoms with van der Waals surface area (Å²) in [6.45, 7) is 25.4. The first-order valence-electron chi connectivity index (χ1n) is 33.4. The molecule has 0 bridgehead atoms. The highest BCUT2D eigenvalue weighted by atomic mass is 16.5. The van der Waals surface area contributed by atoms with Crippen molar-refractivity contribution in [1.29, 1.82) is 0 Å². The summed E-state index contributed by atoms with van der Waals surface area (Å²) in [4.78, 5) is 4.98. The second-order valence-corrected chi connectivity index (χ2v) is 26.5. The van der Waals surface area contributed by atoms with Crippen molar-refractivity contribution >= 4 is 65.9 Å². The molecule has 0 amide bonds. The number of ether oxygens (including phenoxy) is 2. The van der Waals surface area contributed by atoms with Crippen molar-refractivity contribution in [3.05, 3.63) is 317 Å². The van der Waals surface area contributed by atoms with E-state index in [1.807, 2.05) is 0 Å². The molecule has 4 unspecified atom stereocenters. The Bertz CT molecular complexity index is 4620. The quantitative estimate of drug-likeness (QED) is 0.0293. The van der Waals surface area contributed by atoms with Gasteiger partial charge in [0.2, 0.25) is 5.69 Å². The average Bonchev–Trinajstić information content (AvgIpc) is 1.57. The van der Waals surface area contributed by atoms with Crippen LogP contribution >= 0.6 is 0 Å². The minimum absolute atomic E-state index is 0.332. The monoisotopic (exact) mass is 1210 g/mol. The molecular formula is C87H88N3O2+. The zero-order valence-electron chi connectivity index (χ0n) is 55.2. The fourth-order valence-electron chi connectivity index (χ4n) is 16.3. The Morgan fingerprint density at radius 3 is 1.67 bits per heavy atom. The average molecular weight is 1210 g/mol. The molecule has 0 spiro atoms. The molecule has 13 rings (SSSR count). The molecule has 0 fully saturated rings. The summed E-state index contributed by atoms with van der Waals surface area (Å²) in [5.41, 5.74) is 16.4. The molecule has 0 saturated carbocycles. The van der Waals surface area contributed by atoms with Gasteiger partial charge in [0.25, 0.3) is 0 Å². The van der Waals surface area contributed by atoms with Crippen molar-refractivity contribution in [2.75, 3.05) is 56.4 Å². The number of rotatable bonds is 22. The lowest BCUT2D eigenvalue weighted by Crippen LogP contribution is -2.34. The Labute approximate surface area is 546 Å². The van der Waals surface area contributed by atoms with Crippen LogP contribution in [0.15, 0.2) is 278 Å². The highest BCUT2D eigenvalue weighted by molar-refractivity contribution is 6.08. The number of hydrogen-bond donors (Lipinski definition) is 0. The molecule has 5 nitrogen and oxygen atoms in total. The summed E-state index contributed by atoms with van der Waals surface area (Å²) in [6.07, 6.45) is 22.4. The van der Waals surface area contributed by atoms with E-state index in [1.54, 1.807) is 0 Å². The van der Waals surface area contributed by atoms with Crippen molar-refractivity contribution in [3.8, 4) is 0 Å². The fraction of sp³-hybridized carbons (Fsp3) is 0.253. The Hall–Kier alpha value is -9.13. The minimum Gasteiger partial charge on any atom is -0.380 e. The van der Waals surface area contributed by atoms with Gasteiger partial charge in [-0.3, -0.25) is 0 Å². The first kappa shape index (κ1) is 61.7. The number of likely N-dealkylation sites (N-methyl/N-ethyl adjacent to an activating group) is 1.